The molecule has 0 spiro atoms. The van der Waals surface area contributed by atoms with E-state index in [1.807, 2.05) is 66.0 Å². The van der Waals surface area contributed by atoms with Crippen LogP contribution in [-0.2, 0) is 4.79 Å². The van der Waals surface area contributed by atoms with E-state index in [9.17, 15) is 4.79 Å². The Morgan fingerprint density at radius 2 is 1.94 bits per heavy atom. The zero-order valence-corrected chi connectivity index (χ0v) is 17.2. The lowest BCUT2D eigenvalue weighted by molar-refractivity contribution is -0.118. The van der Waals surface area contributed by atoms with Gasteiger partial charge in [0, 0.05) is 48.5 Å². The number of carbonyl (C=O) groups is 1. The molecule has 8 nitrogen and oxygen atoms in total. The van der Waals surface area contributed by atoms with Crippen molar-refractivity contribution >= 4 is 35.0 Å². The first-order valence-corrected chi connectivity index (χ1v) is 10.2. The van der Waals surface area contributed by atoms with Crippen LogP contribution in [0, 0.1) is 0 Å². The smallest absolute Gasteiger partial charge is 0.265 e. The van der Waals surface area contributed by atoms with Gasteiger partial charge >= 0.3 is 0 Å². The molecule has 0 saturated heterocycles. The second-order valence-electron chi connectivity index (χ2n) is 7.30. The van der Waals surface area contributed by atoms with Crippen LogP contribution >= 0.6 is 0 Å². The van der Waals surface area contributed by atoms with Gasteiger partial charge in [-0.15, -0.1) is 0 Å². The summed E-state index contributed by atoms with van der Waals surface area (Å²) in [5, 5.41) is 2.55. The predicted octanol–water partition coefficient (Wildman–Crippen LogP) is 1.91. The van der Waals surface area contributed by atoms with Crippen LogP contribution in [0.3, 0.4) is 0 Å². The molecule has 3 aromatic rings. The number of hydrogen-bond donors (Lipinski definition) is 0. The highest BCUT2D eigenvalue weighted by Gasteiger charge is 2.11. The van der Waals surface area contributed by atoms with Crippen molar-refractivity contribution in [3.8, 4) is 5.75 Å². The largest absolute Gasteiger partial charge is 0.465 e. The van der Waals surface area contributed by atoms with Gasteiger partial charge in [0.25, 0.3) is 5.91 Å². The normalized spacial score (nSPS) is 16.1. The molecule has 2 aromatic carbocycles. The highest BCUT2D eigenvalue weighted by molar-refractivity contribution is 5.90. The minimum atomic E-state index is -0.216. The second kappa shape index (κ2) is 8.81. The molecule has 3 aliphatic rings. The van der Waals surface area contributed by atoms with Gasteiger partial charge in [0.1, 0.15) is 12.1 Å². The van der Waals surface area contributed by atoms with Crippen molar-refractivity contribution in [3.05, 3.63) is 84.1 Å². The van der Waals surface area contributed by atoms with Crippen LogP contribution in [0.2, 0.25) is 0 Å². The summed E-state index contributed by atoms with van der Waals surface area (Å²) >= 11 is 0. The van der Waals surface area contributed by atoms with Crippen LogP contribution in [0.5, 0.6) is 5.75 Å². The summed E-state index contributed by atoms with van der Waals surface area (Å²) in [5.41, 5.74) is 0.772. The van der Waals surface area contributed by atoms with Crippen molar-refractivity contribution in [1.82, 2.24) is 19.8 Å². The van der Waals surface area contributed by atoms with E-state index in [0.29, 0.717) is 18.1 Å². The van der Waals surface area contributed by atoms with Crippen LogP contribution in [-0.4, -0.2) is 51.5 Å². The Bertz CT molecular complexity index is 1380. The number of hydrogen-bond acceptors (Lipinski definition) is 7. The first kappa shape index (κ1) is 19.6. The third-order valence-electron chi connectivity index (χ3n) is 5.09. The first-order chi connectivity index (χ1) is 15.7. The summed E-state index contributed by atoms with van der Waals surface area (Å²) in [6.07, 6.45) is 11.9. The van der Waals surface area contributed by atoms with Crippen LogP contribution in [0.25, 0.3) is 17.1 Å². The third kappa shape index (κ3) is 4.39. The maximum absolute atomic E-state index is 12.1. The predicted molar refractivity (Wildman–Crippen MR) is 122 cm³/mol. The molecule has 4 heterocycles. The third-order valence-corrected chi connectivity index (χ3v) is 5.09. The lowest BCUT2D eigenvalue weighted by Crippen LogP contribution is -2.36. The second-order valence-corrected chi connectivity index (χ2v) is 7.30. The molecule has 0 atom stereocenters. The van der Waals surface area contributed by atoms with Gasteiger partial charge in [-0.05, 0) is 30.3 Å². The minimum absolute atomic E-state index is 0.216. The molecule has 0 N–H and O–H groups in total. The van der Waals surface area contributed by atoms with Gasteiger partial charge in [-0.25, -0.2) is 20.0 Å². The molecule has 1 amide bonds. The Morgan fingerprint density at radius 3 is 2.84 bits per heavy atom. The average Bonchev–Trinajstić information content (AvgIpc) is 2.81. The summed E-state index contributed by atoms with van der Waals surface area (Å²) < 4.78 is 5.67. The van der Waals surface area contributed by atoms with E-state index in [1.165, 1.54) is 18.8 Å². The molecule has 6 rings (SSSR count). The van der Waals surface area contributed by atoms with Gasteiger partial charge in [0.15, 0.2) is 5.82 Å². The summed E-state index contributed by atoms with van der Waals surface area (Å²) in [6.45, 7) is 1.69. The van der Waals surface area contributed by atoms with E-state index >= 15 is 0 Å². The minimum Gasteiger partial charge on any atom is -0.465 e. The zero-order chi connectivity index (χ0) is 21.8. The van der Waals surface area contributed by atoms with Crippen LogP contribution < -0.4 is 15.3 Å². The molecule has 4 bridgehead atoms. The van der Waals surface area contributed by atoms with Crippen LogP contribution in [0.1, 0.15) is 0 Å². The number of nitrogens with zero attached hydrogens (tertiary/aromatic N) is 6. The highest BCUT2D eigenvalue weighted by atomic mass is 16.5. The Labute approximate surface area is 184 Å². The molecule has 0 unspecified atom stereocenters. The fourth-order valence-corrected chi connectivity index (χ4v) is 3.48. The topological polar surface area (TPSA) is 83.3 Å². The highest BCUT2D eigenvalue weighted by Crippen LogP contribution is 2.25. The molecule has 32 heavy (non-hydrogen) atoms. The molecular weight excluding hydrogens is 404 g/mol. The Morgan fingerprint density at radius 1 is 1.00 bits per heavy atom. The molecule has 0 aliphatic carbocycles. The summed E-state index contributed by atoms with van der Waals surface area (Å²) in [5.74, 6) is 0.957. The molecule has 0 saturated carbocycles. The number of allylic oxidation sites excluding steroid dienone is 1. The number of aromatic nitrogens is 2. The number of rotatable bonds is 0. The van der Waals surface area contributed by atoms with Gasteiger partial charge in [0.2, 0.25) is 0 Å². The lowest BCUT2D eigenvalue weighted by atomic mass is 10.2. The van der Waals surface area contributed by atoms with Crippen LogP contribution in [0.15, 0.2) is 83.5 Å². The molecule has 8 heteroatoms. The molecular formula is C24H20N6O2. The van der Waals surface area contributed by atoms with Gasteiger partial charge in [-0.2, -0.15) is 0 Å². The number of para-hydroxylation sites is 1. The number of ether oxygens (including phenoxy) is 1. The van der Waals surface area contributed by atoms with Crippen molar-refractivity contribution in [1.29, 1.82) is 0 Å². The molecule has 3 aliphatic heterocycles. The van der Waals surface area contributed by atoms with Crippen molar-refractivity contribution in [2.24, 2.45) is 9.98 Å². The zero-order valence-electron chi connectivity index (χ0n) is 17.2. The van der Waals surface area contributed by atoms with E-state index in [4.69, 9.17) is 9.73 Å². The van der Waals surface area contributed by atoms with Gasteiger partial charge < -0.3 is 14.5 Å². The number of aliphatic imine (C=N–C) groups is 1. The van der Waals surface area contributed by atoms with Crippen molar-refractivity contribution < 1.29 is 9.53 Å². The molecule has 0 radical (unpaired) electrons. The summed E-state index contributed by atoms with van der Waals surface area (Å²) in [4.78, 5) is 33.7. The van der Waals surface area contributed by atoms with E-state index < -0.39 is 0 Å². The SMILES string of the molecule is O=C1CN2C=CN(C=c3ccccc3=Nc3ncnc4ccc(cc34)OC=CC=N1)CC2. The quantitative estimate of drug-likeness (QED) is 0.548. The number of amides is 1. The molecule has 0 fully saturated rings. The Balaban J connectivity index is 1.67. The maximum atomic E-state index is 12.1. The Hall–Kier alpha value is -4.33. The van der Waals surface area contributed by atoms with Gasteiger partial charge in [0.05, 0.1) is 23.7 Å². The fourth-order valence-electron chi connectivity index (χ4n) is 3.48. The standard InChI is InChI=1S/C24H20N6O2/c31-23-16-30-11-9-29(10-12-30)15-18-4-1-2-5-21(18)28-24-20-14-19(32-13-3-8-25-23)6-7-22(20)26-17-27-24/h1-9,11,13-15,17H,10,12,16H2. The summed E-state index contributed by atoms with van der Waals surface area (Å²) in [6, 6.07) is 13.4. The van der Waals surface area contributed by atoms with E-state index in [1.54, 1.807) is 6.08 Å². The van der Waals surface area contributed by atoms with Crippen LogP contribution in [0.4, 0.5) is 5.82 Å². The maximum Gasteiger partial charge on any atom is 0.265 e. The molecule has 158 valence electrons. The first-order valence-electron chi connectivity index (χ1n) is 10.2. The summed E-state index contributed by atoms with van der Waals surface area (Å²) in [7, 11) is 0. The number of carbonyl (C=O) groups excluding carboxylic acids is 1. The molecule has 1 aromatic heterocycles. The number of fused-ring (bicyclic) bond motifs is 5. The van der Waals surface area contributed by atoms with E-state index in [2.05, 4.69) is 19.9 Å². The van der Waals surface area contributed by atoms with Crippen molar-refractivity contribution in [3.63, 3.8) is 0 Å². The van der Waals surface area contributed by atoms with Gasteiger partial charge in [-0.1, -0.05) is 18.2 Å². The van der Waals surface area contributed by atoms with Crippen molar-refractivity contribution in [2.75, 3.05) is 19.6 Å². The Kier molecular flexibility index (Phi) is 5.40. The van der Waals surface area contributed by atoms with Crippen molar-refractivity contribution in [2.45, 2.75) is 0 Å². The lowest BCUT2D eigenvalue weighted by Gasteiger charge is -2.28. The van der Waals surface area contributed by atoms with E-state index in [-0.39, 0.29) is 12.5 Å². The van der Waals surface area contributed by atoms with E-state index in [0.717, 1.165) is 28.0 Å². The number of benzene rings is 2. The fraction of sp³-hybridized carbons (Fsp3) is 0.125. The monoisotopic (exact) mass is 424 g/mol. The van der Waals surface area contributed by atoms with Gasteiger partial charge in [-0.3, -0.25) is 4.79 Å². The average molecular weight is 424 g/mol.